The third kappa shape index (κ3) is 3.50. The van der Waals surface area contributed by atoms with Gasteiger partial charge in [-0.15, -0.1) is 0 Å². The smallest absolute Gasteiger partial charge is 0.0371 e. The first-order valence-electron chi connectivity index (χ1n) is 7.72. The second-order valence-corrected chi connectivity index (χ2v) is 6.10. The summed E-state index contributed by atoms with van der Waals surface area (Å²) in [5.74, 6) is 0. The monoisotopic (exact) mass is 260 g/mol. The lowest BCUT2D eigenvalue weighted by molar-refractivity contribution is 0.588. The van der Waals surface area contributed by atoms with Crippen LogP contribution in [0.3, 0.4) is 0 Å². The molecule has 1 fully saturated rings. The molecule has 0 spiro atoms. The van der Waals surface area contributed by atoms with Crippen molar-refractivity contribution in [3.8, 4) is 0 Å². The van der Waals surface area contributed by atoms with Crippen molar-refractivity contribution in [3.63, 3.8) is 0 Å². The van der Waals surface area contributed by atoms with Crippen LogP contribution in [-0.2, 0) is 6.54 Å². The van der Waals surface area contributed by atoms with Crippen molar-refractivity contribution in [1.29, 1.82) is 0 Å². The fourth-order valence-electron chi connectivity index (χ4n) is 3.05. The van der Waals surface area contributed by atoms with Gasteiger partial charge in [-0.1, -0.05) is 32.9 Å². The number of hydrogen-bond donors (Lipinski definition) is 1. The summed E-state index contributed by atoms with van der Waals surface area (Å²) in [4.78, 5) is 2.61. The third-order valence-corrected chi connectivity index (χ3v) is 4.21. The van der Waals surface area contributed by atoms with Gasteiger partial charge in [0.1, 0.15) is 0 Å². The molecular formula is C17H28N2. The second kappa shape index (κ2) is 6.42. The van der Waals surface area contributed by atoms with Gasteiger partial charge in [0.05, 0.1) is 0 Å². The number of anilines is 1. The topological polar surface area (TPSA) is 15.3 Å². The van der Waals surface area contributed by atoms with Crippen LogP contribution in [0.5, 0.6) is 0 Å². The van der Waals surface area contributed by atoms with Crippen molar-refractivity contribution < 1.29 is 0 Å². The van der Waals surface area contributed by atoms with E-state index >= 15 is 0 Å². The molecule has 0 aromatic heterocycles. The molecule has 2 atom stereocenters. The molecule has 0 radical (unpaired) electrons. The maximum atomic E-state index is 3.47. The van der Waals surface area contributed by atoms with Gasteiger partial charge in [-0.05, 0) is 43.9 Å². The van der Waals surface area contributed by atoms with Gasteiger partial charge in [-0.25, -0.2) is 0 Å². The lowest BCUT2D eigenvalue weighted by atomic mass is 10.1. The van der Waals surface area contributed by atoms with E-state index in [4.69, 9.17) is 0 Å². The van der Waals surface area contributed by atoms with Crippen LogP contribution in [0.2, 0.25) is 0 Å². The van der Waals surface area contributed by atoms with Crippen LogP contribution in [0, 0.1) is 0 Å². The predicted molar refractivity (Wildman–Crippen MR) is 83.7 cm³/mol. The fraction of sp³-hybridized carbons (Fsp3) is 0.647. The molecule has 0 amide bonds. The summed E-state index contributed by atoms with van der Waals surface area (Å²) in [6.45, 7) is 9.99. The molecule has 0 saturated carbocycles. The van der Waals surface area contributed by atoms with E-state index in [1.165, 1.54) is 30.5 Å². The van der Waals surface area contributed by atoms with Crippen LogP contribution >= 0.6 is 0 Å². The van der Waals surface area contributed by atoms with E-state index in [0.717, 1.165) is 12.6 Å². The molecule has 1 N–H and O–H groups in total. The fourth-order valence-corrected chi connectivity index (χ4v) is 3.05. The maximum Gasteiger partial charge on any atom is 0.0371 e. The zero-order valence-electron chi connectivity index (χ0n) is 12.8. The molecule has 1 aliphatic rings. The first-order valence-corrected chi connectivity index (χ1v) is 7.72. The van der Waals surface area contributed by atoms with Gasteiger partial charge in [0, 0.05) is 30.4 Å². The minimum Gasteiger partial charge on any atom is -0.366 e. The molecule has 1 aromatic carbocycles. The molecule has 2 heteroatoms. The van der Waals surface area contributed by atoms with Crippen LogP contribution in [0.1, 0.15) is 52.5 Å². The Balaban J connectivity index is 2.05. The molecule has 0 bridgehead atoms. The average molecular weight is 260 g/mol. The SMILES string of the molecule is CCC1CCC(C)N1c1ccc(CNC(C)C)cc1. The molecule has 2 rings (SSSR count). The van der Waals surface area contributed by atoms with Crippen molar-refractivity contribution >= 4 is 5.69 Å². The van der Waals surface area contributed by atoms with E-state index in [1.54, 1.807) is 0 Å². The zero-order chi connectivity index (χ0) is 13.8. The molecule has 2 nitrogen and oxygen atoms in total. The molecule has 19 heavy (non-hydrogen) atoms. The van der Waals surface area contributed by atoms with E-state index in [9.17, 15) is 0 Å². The van der Waals surface area contributed by atoms with Gasteiger partial charge in [0.2, 0.25) is 0 Å². The number of nitrogens with one attached hydrogen (secondary N) is 1. The molecule has 1 aromatic rings. The summed E-state index contributed by atoms with van der Waals surface area (Å²) in [7, 11) is 0. The van der Waals surface area contributed by atoms with Crippen LogP contribution in [0.15, 0.2) is 24.3 Å². The Kier molecular flexibility index (Phi) is 4.87. The Hall–Kier alpha value is -1.02. The molecule has 1 heterocycles. The highest BCUT2D eigenvalue weighted by Gasteiger charge is 2.29. The average Bonchev–Trinajstić information content (AvgIpc) is 2.78. The Morgan fingerprint density at radius 2 is 1.89 bits per heavy atom. The lowest BCUT2D eigenvalue weighted by Crippen LogP contribution is -2.34. The van der Waals surface area contributed by atoms with Crippen LogP contribution in [0.4, 0.5) is 5.69 Å². The van der Waals surface area contributed by atoms with Gasteiger partial charge in [-0.2, -0.15) is 0 Å². The Morgan fingerprint density at radius 3 is 2.47 bits per heavy atom. The quantitative estimate of drug-likeness (QED) is 0.862. The van der Waals surface area contributed by atoms with Crippen molar-refractivity contribution in [2.24, 2.45) is 0 Å². The highest BCUT2D eigenvalue weighted by Crippen LogP contribution is 2.31. The number of hydrogen-bond acceptors (Lipinski definition) is 2. The van der Waals surface area contributed by atoms with Gasteiger partial charge in [0.25, 0.3) is 0 Å². The van der Waals surface area contributed by atoms with Crippen molar-refractivity contribution in [1.82, 2.24) is 5.32 Å². The van der Waals surface area contributed by atoms with Crippen molar-refractivity contribution in [3.05, 3.63) is 29.8 Å². The van der Waals surface area contributed by atoms with Gasteiger partial charge in [-0.3, -0.25) is 0 Å². The van der Waals surface area contributed by atoms with E-state index in [-0.39, 0.29) is 0 Å². The first kappa shape index (κ1) is 14.4. The van der Waals surface area contributed by atoms with E-state index in [0.29, 0.717) is 12.1 Å². The minimum absolute atomic E-state index is 0.544. The Bertz CT molecular complexity index is 383. The largest absolute Gasteiger partial charge is 0.366 e. The molecule has 2 unspecified atom stereocenters. The van der Waals surface area contributed by atoms with Crippen LogP contribution < -0.4 is 10.2 Å². The summed E-state index contributed by atoms with van der Waals surface area (Å²) in [6, 6.07) is 11.1. The summed E-state index contributed by atoms with van der Waals surface area (Å²) >= 11 is 0. The number of nitrogens with zero attached hydrogens (tertiary/aromatic N) is 1. The molecule has 1 aliphatic heterocycles. The lowest BCUT2D eigenvalue weighted by Gasteiger charge is -2.30. The third-order valence-electron chi connectivity index (χ3n) is 4.21. The summed E-state index contributed by atoms with van der Waals surface area (Å²) < 4.78 is 0. The molecule has 1 saturated heterocycles. The molecule has 106 valence electrons. The van der Waals surface area contributed by atoms with Crippen molar-refractivity contribution in [2.45, 2.75) is 71.6 Å². The minimum atomic E-state index is 0.544. The Labute approximate surface area is 118 Å². The number of rotatable bonds is 5. The molecule has 0 aliphatic carbocycles. The van der Waals surface area contributed by atoms with Gasteiger partial charge in [0.15, 0.2) is 0 Å². The van der Waals surface area contributed by atoms with Gasteiger partial charge < -0.3 is 10.2 Å². The summed E-state index contributed by atoms with van der Waals surface area (Å²) in [5, 5.41) is 3.47. The van der Waals surface area contributed by atoms with E-state index in [2.05, 4.69) is 62.2 Å². The highest BCUT2D eigenvalue weighted by molar-refractivity contribution is 5.50. The van der Waals surface area contributed by atoms with E-state index in [1.807, 2.05) is 0 Å². The van der Waals surface area contributed by atoms with Crippen LogP contribution in [-0.4, -0.2) is 18.1 Å². The maximum absolute atomic E-state index is 3.47. The Morgan fingerprint density at radius 1 is 1.21 bits per heavy atom. The summed E-state index contributed by atoms with van der Waals surface area (Å²) in [5.41, 5.74) is 2.77. The normalized spacial score (nSPS) is 23.3. The number of benzene rings is 1. The van der Waals surface area contributed by atoms with E-state index < -0.39 is 0 Å². The zero-order valence-corrected chi connectivity index (χ0v) is 12.8. The van der Waals surface area contributed by atoms with Gasteiger partial charge >= 0.3 is 0 Å². The molecular weight excluding hydrogens is 232 g/mol. The highest BCUT2D eigenvalue weighted by atomic mass is 15.2. The predicted octanol–water partition coefficient (Wildman–Crippen LogP) is 3.95. The second-order valence-electron chi connectivity index (χ2n) is 6.10. The standard InChI is InChI=1S/C17H28N2/c1-5-16-9-6-14(4)19(16)17-10-7-15(8-11-17)12-18-13(2)3/h7-8,10-11,13-14,16,18H,5-6,9,12H2,1-4H3. The van der Waals surface area contributed by atoms with Crippen LogP contribution in [0.25, 0.3) is 0 Å². The summed E-state index contributed by atoms with van der Waals surface area (Å²) in [6.07, 6.45) is 3.92. The first-order chi connectivity index (χ1) is 9.11. The van der Waals surface area contributed by atoms with Crippen molar-refractivity contribution in [2.75, 3.05) is 4.90 Å².